The van der Waals surface area contributed by atoms with Crippen molar-refractivity contribution >= 4 is 51.8 Å². The highest BCUT2D eigenvalue weighted by atomic mass is 16.2. The lowest BCUT2D eigenvalue weighted by Gasteiger charge is -2.36. The SMILES string of the molecule is C[C@@H]1CNC(=O)c2cc3ccc(C(=O)Nc4cnn(Cc5ccc(N6CCN(Cc7ccc(N8CCC(=O)NC8=O)cn7)CC6)cc5)c4)nc3n21. The van der Waals surface area contributed by atoms with Crippen LogP contribution in [0.5, 0.6) is 0 Å². The van der Waals surface area contributed by atoms with Gasteiger partial charge in [-0.1, -0.05) is 12.1 Å². The molecule has 2 fully saturated rings. The Balaban J connectivity index is 0.825. The van der Waals surface area contributed by atoms with Crippen molar-refractivity contribution in [3.63, 3.8) is 0 Å². The number of imide groups is 1. The van der Waals surface area contributed by atoms with Crippen LogP contribution < -0.4 is 25.8 Å². The Bertz CT molecular complexity index is 2130. The number of benzene rings is 1. The second-order valence-electron chi connectivity index (χ2n) is 13.1. The Kier molecular flexibility index (Phi) is 8.39. The fraction of sp³-hybridized carbons (Fsp3) is 0.306. The molecule has 260 valence electrons. The number of fused-ring (bicyclic) bond motifs is 3. The summed E-state index contributed by atoms with van der Waals surface area (Å²) >= 11 is 0. The molecule has 1 atom stereocenters. The number of anilines is 3. The molecule has 15 nitrogen and oxygen atoms in total. The molecule has 1 aromatic carbocycles. The lowest BCUT2D eigenvalue weighted by Crippen LogP contribution is -2.49. The Morgan fingerprint density at radius 1 is 0.922 bits per heavy atom. The summed E-state index contributed by atoms with van der Waals surface area (Å²) < 4.78 is 3.67. The fourth-order valence-corrected chi connectivity index (χ4v) is 6.85. The minimum atomic E-state index is -0.408. The molecule has 3 aliphatic heterocycles. The van der Waals surface area contributed by atoms with E-state index in [4.69, 9.17) is 0 Å². The summed E-state index contributed by atoms with van der Waals surface area (Å²) in [6.07, 6.45) is 5.40. The predicted molar refractivity (Wildman–Crippen MR) is 190 cm³/mol. The summed E-state index contributed by atoms with van der Waals surface area (Å²) in [4.78, 5) is 64.5. The molecule has 3 aliphatic rings. The molecular formula is C36H37N11O4. The highest BCUT2D eigenvalue weighted by Crippen LogP contribution is 2.26. The normalized spacial score (nSPS) is 18.1. The predicted octanol–water partition coefficient (Wildman–Crippen LogP) is 3.00. The Hall–Kier alpha value is -6.09. The number of urea groups is 1. The summed E-state index contributed by atoms with van der Waals surface area (Å²) in [5.41, 5.74) is 5.87. The van der Waals surface area contributed by atoms with Crippen LogP contribution in [0.1, 0.15) is 51.6 Å². The maximum Gasteiger partial charge on any atom is 0.328 e. The van der Waals surface area contributed by atoms with Crippen LogP contribution in [0.4, 0.5) is 21.9 Å². The second kappa shape index (κ2) is 13.3. The zero-order valence-corrected chi connectivity index (χ0v) is 28.1. The molecular weight excluding hydrogens is 650 g/mol. The van der Waals surface area contributed by atoms with Gasteiger partial charge in [-0.05, 0) is 55.0 Å². The Morgan fingerprint density at radius 3 is 2.49 bits per heavy atom. The summed E-state index contributed by atoms with van der Waals surface area (Å²) in [7, 11) is 0. The highest BCUT2D eigenvalue weighted by molar-refractivity contribution is 6.06. The van der Waals surface area contributed by atoms with Crippen LogP contribution >= 0.6 is 0 Å². The van der Waals surface area contributed by atoms with Crippen LogP contribution in [-0.4, -0.2) is 92.2 Å². The van der Waals surface area contributed by atoms with E-state index >= 15 is 0 Å². The Labute approximate surface area is 293 Å². The molecule has 3 N–H and O–H groups in total. The topological polar surface area (TPSA) is 163 Å². The summed E-state index contributed by atoms with van der Waals surface area (Å²) in [6.45, 7) is 7.74. The van der Waals surface area contributed by atoms with Gasteiger partial charge in [0.05, 0.1) is 42.0 Å². The van der Waals surface area contributed by atoms with Gasteiger partial charge in [0.25, 0.3) is 11.8 Å². The van der Waals surface area contributed by atoms with Crippen LogP contribution in [-0.2, 0) is 17.9 Å². The van der Waals surface area contributed by atoms with E-state index in [1.807, 2.05) is 29.7 Å². The van der Waals surface area contributed by atoms with Crippen LogP contribution in [0.3, 0.4) is 0 Å². The third-order valence-electron chi connectivity index (χ3n) is 9.62. The quantitative estimate of drug-likeness (QED) is 0.223. The van der Waals surface area contributed by atoms with Crippen molar-refractivity contribution in [1.29, 1.82) is 0 Å². The first-order valence-electron chi connectivity index (χ1n) is 17.0. The fourth-order valence-electron chi connectivity index (χ4n) is 6.85. The molecule has 0 saturated carbocycles. The second-order valence-corrected chi connectivity index (χ2v) is 13.1. The molecule has 7 heterocycles. The van der Waals surface area contributed by atoms with Crippen molar-refractivity contribution < 1.29 is 19.2 Å². The van der Waals surface area contributed by atoms with E-state index in [9.17, 15) is 19.2 Å². The summed E-state index contributed by atoms with van der Waals surface area (Å²) in [6, 6.07) is 17.2. The van der Waals surface area contributed by atoms with Gasteiger partial charge in [0.2, 0.25) is 5.91 Å². The standard InChI is InChI=1S/C36H37N11O4/c1-23-17-38-35(50)31-16-25-4-9-30(41-33(25)47(23)31)34(49)40-27-18-39-45(22-27)20-24-2-6-28(7-3-24)44-14-12-43(13-15-44)21-26-5-8-29(19-37-26)46-11-10-32(48)42-36(46)51/h2-9,16,18-19,22-23H,10-15,17,20-21H2,1H3,(H,38,50)(H,40,49)(H,42,48,51)/t23-/m1/s1. The Morgan fingerprint density at radius 2 is 1.73 bits per heavy atom. The number of carbonyl (C=O) groups is 4. The van der Waals surface area contributed by atoms with Gasteiger partial charge in [-0.2, -0.15) is 5.10 Å². The third kappa shape index (κ3) is 6.62. The van der Waals surface area contributed by atoms with E-state index < -0.39 is 6.03 Å². The van der Waals surface area contributed by atoms with E-state index in [-0.39, 0.29) is 35.9 Å². The van der Waals surface area contributed by atoms with Gasteiger partial charge in [0.1, 0.15) is 17.0 Å². The molecule has 0 aliphatic carbocycles. The molecule has 8 rings (SSSR count). The smallest absolute Gasteiger partial charge is 0.328 e. The van der Waals surface area contributed by atoms with Crippen molar-refractivity contribution in [2.45, 2.75) is 32.5 Å². The van der Waals surface area contributed by atoms with Crippen LogP contribution in [0.15, 0.2) is 73.2 Å². The van der Waals surface area contributed by atoms with Crippen molar-refractivity contribution in [1.82, 2.24) is 39.8 Å². The van der Waals surface area contributed by atoms with Gasteiger partial charge in [-0.3, -0.25) is 39.2 Å². The molecule has 0 unspecified atom stereocenters. The van der Waals surface area contributed by atoms with Crippen molar-refractivity contribution in [2.75, 3.05) is 54.4 Å². The van der Waals surface area contributed by atoms with E-state index in [0.717, 1.165) is 55.1 Å². The number of carbonyl (C=O) groups excluding carboxylic acids is 4. The molecule has 51 heavy (non-hydrogen) atoms. The first-order chi connectivity index (χ1) is 24.8. The minimum absolute atomic E-state index is 0.0341. The van der Waals surface area contributed by atoms with Crippen LogP contribution in [0, 0.1) is 0 Å². The third-order valence-corrected chi connectivity index (χ3v) is 9.62. The molecule has 15 heteroatoms. The maximum atomic E-state index is 13.1. The lowest BCUT2D eigenvalue weighted by molar-refractivity contribution is -0.120. The number of rotatable bonds is 8. The van der Waals surface area contributed by atoms with Gasteiger partial charge < -0.3 is 20.1 Å². The zero-order valence-electron chi connectivity index (χ0n) is 28.1. The molecule has 5 amide bonds. The van der Waals surface area contributed by atoms with E-state index in [1.165, 1.54) is 4.90 Å². The number of amides is 5. The number of pyridine rings is 2. The van der Waals surface area contributed by atoms with Gasteiger partial charge in [0, 0.05) is 69.5 Å². The molecule has 0 bridgehead atoms. The van der Waals surface area contributed by atoms with Gasteiger partial charge >= 0.3 is 6.03 Å². The van der Waals surface area contributed by atoms with Crippen LogP contribution in [0.2, 0.25) is 0 Å². The molecule has 4 aromatic heterocycles. The highest BCUT2D eigenvalue weighted by Gasteiger charge is 2.27. The van der Waals surface area contributed by atoms with Crippen molar-refractivity contribution in [2.24, 2.45) is 0 Å². The molecule has 2 saturated heterocycles. The first kappa shape index (κ1) is 32.1. The molecule has 5 aromatic rings. The number of nitrogens with one attached hydrogen (secondary N) is 3. The number of nitrogens with zero attached hydrogens (tertiary/aromatic N) is 8. The van der Waals surface area contributed by atoms with Gasteiger partial charge in [0.15, 0.2) is 0 Å². The number of aromatic nitrogens is 5. The zero-order chi connectivity index (χ0) is 35.1. The number of hydrogen-bond donors (Lipinski definition) is 3. The maximum absolute atomic E-state index is 13.1. The number of piperazine rings is 1. The minimum Gasteiger partial charge on any atom is -0.369 e. The average molecular weight is 688 g/mol. The van der Waals surface area contributed by atoms with E-state index in [1.54, 1.807) is 35.4 Å². The van der Waals surface area contributed by atoms with Crippen LogP contribution in [0.25, 0.3) is 11.0 Å². The average Bonchev–Trinajstić information content (AvgIpc) is 3.75. The largest absolute Gasteiger partial charge is 0.369 e. The van der Waals surface area contributed by atoms with Gasteiger partial charge in [-0.15, -0.1) is 0 Å². The summed E-state index contributed by atoms with van der Waals surface area (Å²) in [5.74, 6) is -0.737. The monoisotopic (exact) mass is 687 g/mol. The van der Waals surface area contributed by atoms with E-state index in [2.05, 4.69) is 65.1 Å². The lowest BCUT2D eigenvalue weighted by atomic mass is 10.1. The van der Waals surface area contributed by atoms with Crippen molar-refractivity contribution in [3.05, 3.63) is 95.8 Å². The van der Waals surface area contributed by atoms with E-state index in [0.29, 0.717) is 42.4 Å². The number of hydrogen-bond acceptors (Lipinski definition) is 9. The molecule has 0 radical (unpaired) electrons. The first-order valence-corrected chi connectivity index (χ1v) is 17.0. The summed E-state index contributed by atoms with van der Waals surface area (Å²) in [5, 5.41) is 13.4. The van der Waals surface area contributed by atoms with Gasteiger partial charge in [-0.25, -0.2) is 9.78 Å². The van der Waals surface area contributed by atoms with Crippen molar-refractivity contribution in [3.8, 4) is 0 Å². The molecule has 0 spiro atoms.